The number of methoxy groups -OCH3 is 2. The first-order valence-electron chi connectivity index (χ1n) is 16.1. The van der Waals surface area contributed by atoms with Gasteiger partial charge in [0.05, 0.1) is 34.8 Å². The molecular formula is C34H28N6O16S4. The highest BCUT2D eigenvalue weighted by Crippen LogP contribution is 2.46. The van der Waals surface area contributed by atoms with Crippen molar-refractivity contribution in [1.29, 1.82) is 0 Å². The third kappa shape index (κ3) is 8.33. The largest absolute Gasteiger partial charge is 0.505 e. The van der Waals surface area contributed by atoms with Crippen LogP contribution < -0.4 is 20.9 Å². The number of hydrogen-bond acceptors (Lipinski definition) is 18. The number of nitrogen functional groups attached to an aromatic ring is 2. The van der Waals surface area contributed by atoms with Crippen LogP contribution in [0.15, 0.2) is 113 Å². The summed E-state index contributed by atoms with van der Waals surface area (Å²) in [5.74, 6) is -1.27. The maximum absolute atomic E-state index is 12.3. The van der Waals surface area contributed by atoms with E-state index in [1.165, 1.54) is 38.5 Å². The molecule has 0 amide bonds. The van der Waals surface area contributed by atoms with Gasteiger partial charge in [0.2, 0.25) is 0 Å². The Bertz CT molecular complexity index is 3120. The molecule has 0 aliphatic carbocycles. The maximum atomic E-state index is 12.3. The zero-order valence-electron chi connectivity index (χ0n) is 30.3. The van der Waals surface area contributed by atoms with E-state index in [1.807, 2.05) is 0 Å². The van der Waals surface area contributed by atoms with Crippen LogP contribution in [-0.4, -0.2) is 76.3 Å². The first kappa shape index (κ1) is 43.1. The van der Waals surface area contributed by atoms with Gasteiger partial charge >= 0.3 is 0 Å². The number of ether oxygens (including phenoxy) is 2. The van der Waals surface area contributed by atoms with Gasteiger partial charge < -0.3 is 31.2 Å². The van der Waals surface area contributed by atoms with Crippen molar-refractivity contribution in [2.24, 2.45) is 20.5 Å². The van der Waals surface area contributed by atoms with E-state index in [0.717, 1.165) is 12.1 Å². The third-order valence-corrected chi connectivity index (χ3v) is 12.1. The SMILES string of the molecule is COc1cc(-c2ccc(N=Nc3cc(S(=O)(=O)O)c4cc(S(=O)(=O)O)cc(N)c4c3O)c(OC)c2)ccc1N=Nc1cc(S(=O)(=O)O)c2cc(S(=O)(=O)O)cc(N)c2c1O. The number of azo groups is 2. The summed E-state index contributed by atoms with van der Waals surface area (Å²) in [6, 6.07) is 13.4. The average Bonchev–Trinajstić information content (AvgIpc) is 3.15. The molecule has 0 atom stereocenters. The number of hydrogen-bond donors (Lipinski definition) is 8. The Balaban J connectivity index is 1.36. The Morgan fingerprint density at radius 1 is 0.467 bits per heavy atom. The Morgan fingerprint density at radius 2 is 0.800 bits per heavy atom. The molecule has 0 saturated carbocycles. The van der Waals surface area contributed by atoms with Crippen LogP contribution in [0.5, 0.6) is 23.0 Å². The molecule has 6 rings (SSSR count). The van der Waals surface area contributed by atoms with Gasteiger partial charge in [-0.05, 0) is 71.8 Å². The highest BCUT2D eigenvalue weighted by Gasteiger charge is 2.26. The number of aromatic hydroxyl groups is 2. The number of nitrogens with two attached hydrogens (primary N) is 2. The molecule has 0 spiro atoms. The second-order valence-electron chi connectivity index (χ2n) is 12.4. The summed E-state index contributed by atoms with van der Waals surface area (Å²) in [6.45, 7) is 0. The standard InChI is InChI=1S/C34H28N6O16S4/c1-55-27-7-15(3-5-23(27)37-39-25-13-29(59(49,50)51)19-9-17(57(43,44)45)11-21(35)31(19)33(25)41)16-4-6-24(28(8-16)56-2)38-40-26-14-30(60(52,53)54)20-10-18(58(46,47)48)12-22(36)32(20)34(26)42/h3-14,41-42H,35-36H2,1-2H3,(H,43,44,45)(H,46,47,48)(H,49,50,51)(H,52,53,54). The van der Waals surface area contributed by atoms with Crippen LogP contribution in [0, 0.1) is 0 Å². The van der Waals surface area contributed by atoms with Crippen molar-refractivity contribution in [2.45, 2.75) is 19.6 Å². The van der Waals surface area contributed by atoms with Gasteiger partial charge in [-0.3, -0.25) is 18.2 Å². The summed E-state index contributed by atoms with van der Waals surface area (Å²) >= 11 is 0. The Hall–Kier alpha value is -6.52. The smallest absolute Gasteiger partial charge is 0.295 e. The molecule has 0 aromatic heterocycles. The molecule has 10 N–H and O–H groups in total. The van der Waals surface area contributed by atoms with Crippen LogP contribution in [0.4, 0.5) is 34.1 Å². The van der Waals surface area contributed by atoms with Gasteiger partial charge in [0, 0.05) is 22.1 Å². The Labute approximate surface area is 339 Å². The van der Waals surface area contributed by atoms with Crippen molar-refractivity contribution in [3.05, 3.63) is 72.8 Å². The van der Waals surface area contributed by atoms with Gasteiger partial charge in [0.1, 0.15) is 44.0 Å². The van der Waals surface area contributed by atoms with E-state index in [9.17, 15) is 62.1 Å². The highest BCUT2D eigenvalue weighted by atomic mass is 32.2. The second-order valence-corrected chi connectivity index (χ2v) is 18.1. The number of fused-ring (bicyclic) bond motifs is 2. The summed E-state index contributed by atoms with van der Waals surface area (Å²) in [4.78, 5) is -3.42. The minimum Gasteiger partial charge on any atom is -0.505 e. The van der Waals surface area contributed by atoms with Crippen molar-refractivity contribution in [3.63, 3.8) is 0 Å². The van der Waals surface area contributed by atoms with E-state index < -0.39 is 116 Å². The van der Waals surface area contributed by atoms with Crippen molar-refractivity contribution in [2.75, 3.05) is 25.7 Å². The van der Waals surface area contributed by atoms with Crippen molar-refractivity contribution in [1.82, 2.24) is 0 Å². The molecule has 0 aliphatic heterocycles. The lowest BCUT2D eigenvalue weighted by atomic mass is 10.0. The van der Waals surface area contributed by atoms with E-state index >= 15 is 0 Å². The molecule has 60 heavy (non-hydrogen) atoms. The molecule has 0 bridgehead atoms. The van der Waals surface area contributed by atoms with Crippen molar-refractivity contribution >= 4 is 96.1 Å². The van der Waals surface area contributed by atoms with E-state index in [2.05, 4.69) is 20.5 Å². The number of benzene rings is 6. The predicted octanol–water partition coefficient (Wildman–Crippen LogP) is 6.07. The number of rotatable bonds is 11. The van der Waals surface area contributed by atoms with Crippen LogP contribution >= 0.6 is 0 Å². The average molecular weight is 905 g/mol. The van der Waals surface area contributed by atoms with Gasteiger partial charge in [-0.1, -0.05) is 12.1 Å². The highest BCUT2D eigenvalue weighted by molar-refractivity contribution is 7.87. The topological polar surface area (TPSA) is 378 Å². The fourth-order valence-electron chi connectivity index (χ4n) is 5.96. The van der Waals surface area contributed by atoms with E-state index in [4.69, 9.17) is 20.9 Å². The molecule has 26 heteroatoms. The van der Waals surface area contributed by atoms with Crippen LogP contribution in [0.1, 0.15) is 0 Å². The zero-order chi connectivity index (χ0) is 44.3. The van der Waals surface area contributed by atoms with Crippen molar-refractivity contribution in [3.8, 4) is 34.1 Å². The molecule has 6 aromatic rings. The monoisotopic (exact) mass is 904 g/mol. The molecule has 22 nitrogen and oxygen atoms in total. The summed E-state index contributed by atoms with van der Waals surface area (Å²) in [5.41, 5.74) is 10.9. The normalized spacial score (nSPS) is 12.8. The lowest BCUT2D eigenvalue weighted by molar-refractivity contribution is 0.415. The molecular weight excluding hydrogens is 877 g/mol. The lowest BCUT2D eigenvalue weighted by Gasteiger charge is -2.13. The zero-order valence-corrected chi connectivity index (χ0v) is 33.5. The van der Waals surface area contributed by atoms with E-state index in [-0.39, 0.29) is 22.9 Å². The predicted molar refractivity (Wildman–Crippen MR) is 213 cm³/mol. The minimum atomic E-state index is -5.09. The Morgan fingerprint density at radius 3 is 1.10 bits per heavy atom. The quantitative estimate of drug-likeness (QED) is 0.0415. The number of anilines is 2. The summed E-state index contributed by atoms with van der Waals surface area (Å²) < 4.78 is 146. The van der Waals surface area contributed by atoms with Crippen LogP contribution in [-0.2, 0) is 40.5 Å². The van der Waals surface area contributed by atoms with Crippen LogP contribution in [0.25, 0.3) is 32.7 Å². The summed E-state index contributed by atoms with van der Waals surface area (Å²) in [7, 11) is -17.3. The number of phenolic OH excluding ortho intramolecular Hbond substituents is 2. The first-order valence-corrected chi connectivity index (χ1v) is 21.9. The fourth-order valence-corrected chi connectivity index (χ4v) is 8.44. The Kier molecular flexibility index (Phi) is 11.0. The van der Waals surface area contributed by atoms with Gasteiger partial charge in [-0.15, -0.1) is 20.5 Å². The van der Waals surface area contributed by atoms with Gasteiger partial charge in [0.15, 0.2) is 11.5 Å². The molecule has 0 unspecified atom stereocenters. The second kappa shape index (κ2) is 15.3. The van der Waals surface area contributed by atoms with Gasteiger partial charge in [-0.25, -0.2) is 0 Å². The molecule has 6 aromatic carbocycles. The number of nitrogens with zero attached hydrogens (tertiary/aromatic N) is 4. The maximum Gasteiger partial charge on any atom is 0.295 e. The van der Waals surface area contributed by atoms with Gasteiger partial charge in [-0.2, -0.15) is 33.7 Å². The molecule has 0 aliphatic rings. The molecule has 0 saturated heterocycles. The summed E-state index contributed by atoms with van der Waals surface area (Å²) in [6.07, 6.45) is 0. The third-order valence-electron chi connectivity index (χ3n) is 8.69. The lowest BCUT2D eigenvalue weighted by Crippen LogP contribution is -2.04. The van der Waals surface area contributed by atoms with E-state index in [1.54, 1.807) is 12.1 Å². The number of phenols is 2. The van der Waals surface area contributed by atoms with Crippen molar-refractivity contribution < 1.29 is 71.6 Å². The first-order chi connectivity index (χ1) is 27.8. The molecule has 0 fully saturated rings. The fraction of sp³-hybridized carbons (Fsp3) is 0.0588. The van der Waals surface area contributed by atoms with Crippen LogP contribution in [0.2, 0.25) is 0 Å². The minimum absolute atomic E-state index is 0.0514. The van der Waals surface area contributed by atoms with E-state index in [0.29, 0.717) is 35.4 Å². The molecule has 314 valence electrons. The summed E-state index contributed by atoms with van der Waals surface area (Å²) in [5, 5.41) is 36.0. The van der Waals surface area contributed by atoms with Gasteiger partial charge in [0.25, 0.3) is 40.5 Å². The molecule has 0 radical (unpaired) electrons. The molecule has 0 heterocycles. The van der Waals surface area contributed by atoms with Crippen LogP contribution in [0.3, 0.4) is 0 Å².